The standard InChI is InChI=1S/C21H18O2/c1-21(17-9-5-3-7-15(17)11-13-19(21)23)20-16-8-4-2-6-14(16)10-12-18(20)22/h2-13,19,22-23H,1H3/t19-,21+/m1/s1. The van der Waals surface area contributed by atoms with E-state index in [1.54, 1.807) is 6.07 Å². The third kappa shape index (κ3) is 1.92. The molecule has 0 heterocycles. The molecule has 0 unspecified atom stereocenters. The van der Waals surface area contributed by atoms with Crippen LogP contribution in [0.25, 0.3) is 16.8 Å². The number of aromatic hydroxyl groups is 1. The van der Waals surface area contributed by atoms with Crippen molar-refractivity contribution in [1.82, 2.24) is 0 Å². The van der Waals surface area contributed by atoms with Crippen LogP contribution in [0.2, 0.25) is 0 Å². The van der Waals surface area contributed by atoms with Crippen LogP contribution in [0, 0.1) is 0 Å². The van der Waals surface area contributed by atoms with Gasteiger partial charge in [-0.1, -0.05) is 66.7 Å². The Hall–Kier alpha value is -2.58. The topological polar surface area (TPSA) is 40.5 Å². The lowest BCUT2D eigenvalue weighted by Crippen LogP contribution is -2.39. The molecule has 0 bridgehead atoms. The normalized spacial score (nSPS) is 23.0. The molecule has 23 heavy (non-hydrogen) atoms. The summed E-state index contributed by atoms with van der Waals surface area (Å²) in [6.45, 7) is 2.00. The number of aliphatic hydroxyl groups is 1. The summed E-state index contributed by atoms with van der Waals surface area (Å²) in [4.78, 5) is 0. The van der Waals surface area contributed by atoms with E-state index in [1.807, 2.05) is 73.7 Å². The van der Waals surface area contributed by atoms with E-state index < -0.39 is 11.5 Å². The largest absolute Gasteiger partial charge is 0.508 e. The van der Waals surface area contributed by atoms with Crippen LogP contribution < -0.4 is 0 Å². The number of phenolic OH excluding ortho intramolecular Hbond substituents is 1. The van der Waals surface area contributed by atoms with E-state index in [9.17, 15) is 10.2 Å². The average Bonchev–Trinajstić information content (AvgIpc) is 2.58. The highest BCUT2D eigenvalue weighted by molar-refractivity contribution is 5.90. The van der Waals surface area contributed by atoms with Crippen molar-refractivity contribution in [3.8, 4) is 5.75 Å². The van der Waals surface area contributed by atoms with Gasteiger partial charge in [-0.25, -0.2) is 0 Å². The van der Waals surface area contributed by atoms with Crippen LogP contribution in [-0.2, 0) is 5.41 Å². The predicted octanol–water partition coefficient (Wildman–Crippen LogP) is 4.24. The molecule has 0 spiro atoms. The molecule has 0 amide bonds. The highest BCUT2D eigenvalue weighted by Gasteiger charge is 2.41. The average molecular weight is 302 g/mol. The van der Waals surface area contributed by atoms with E-state index in [1.165, 1.54) is 0 Å². The first-order valence-electron chi connectivity index (χ1n) is 7.79. The summed E-state index contributed by atoms with van der Waals surface area (Å²) in [5.74, 6) is 0.218. The smallest absolute Gasteiger partial charge is 0.120 e. The maximum Gasteiger partial charge on any atom is 0.120 e. The first-order chi connectivity index (χ1) is 11.1. The number of fused-ring (bicyclic) bond motifs is 2. The van der Waals surface area contributed by atoms with Crippen LogP contribution in [0.15, 0.2) is 66.7 Å². The first kappa shape index (κ1) is 14.0. The summed E-state index contributed by atoms with van der Waals surface area (Å²) >= 11 is 0. The van der Waals surface area contributed by atoms with Crippen molar-refractivity contribution in [3.05, 3.63) is 83.4 Å². The highest BCUT2D eigenvalue weighted by Crippen LogP contribution is 2.47. The van der Waals surface area contributed by atoms with E-state index >= 15 is 0 Å². The second kappa shape index (κ2) is 4.97. The third-order valence-corrected chi connectivity index (χ3v) is 5.00. The molecular weight excluding hydrogens is 284 g/mol. The van der Waals surface area contributed by atoms with E-state index in [0.29, 0.717) is 0 Å². The molecule has 114 valence electrons. The van der Waals surface area contributed by atoms with Crippen LogP contribution in [-0.4, -0.2) is 16.3 Å². The van der Waals surface area contributed by atoms with Gasteiger partial charge in [-0.05, 0) is 34.9 Å². The lowest BCUT2D eigenvalue weighted by molar-refractivity contribution is 0.154. The van der Waals surface area contributed by atoms with Crippen LogP contribution in [0.4, 0.5) is 0 Å². The zero-order valence-electron chi connectivity index (χ0n) is 12.9. The maximum atomic E-state index is 10.8. The Morgan fingerprint density at radius 1 is 0.913 bits per heavy atom. The molecule has 0 aliphatic heterocycles. The van der Waals surface area contributed by atoms with Crippen molar-refractivity contribution in [1.29, 1.82) is 0 Å². The molecule has 0 saturated heterocycles. The van der Waals surface area contributed by atoms with E-state index in [0.717, 1.165) is 27.5 Å². The van der Waals surface area contributed by atoms with Crippen molar-refractivity contribution in [3.63, 3.8) is 0 Å². The molecule has 1 aliphatic carbocycles. The fourth-order valence-corrected chi connectivity index (χ4v) is 3.75. The van der Waals surface area contributed by atoms with Gasteiger partial charge in [0.25, 0.3) is 0 Å². The SMILES string of the molecule is C[C@]1(c2c(O)ccc3ccccc23)c2ccccc2C=C[C@H]1O. The fourth-order valence-electron chi connectivity index (χ4n) is 3.75. The molecule has 2 N–H and O–H groups in total. The fraction of sp³-hybridized carbons (Fsp3) is 0.143. The first-order valence-corrected chi connectivity index (χ1v) is 7.79. The molecular formula is C21H18O2. The van der Waals surface area contributed by atoms with Crippen molar-refractivity contribution < 1.29 is 10.2 Å². The molecule has 3 aromatic rings. The Balaban J connectivity index is 2.11. The molecule has 4 rings (SSSR count). The van der Waals surface area contributed by atoms with Crippen LogP contribution in [0.3, 0.4) is 0 Å². The van der Waals surface area contributed by atoms with E-state index in [4.69, 9.17) is 0 Å². The molecule has 2 heteroatoms. The highest BCUT2D eigenvalue weighted by atomic mass is 16.3. The number of hydrogen-bond acceptors (Lipinski definition) is 2. The second-order valence-electron chi connectivity index (χ2n) is 6.27. The predicted molar refractivity (Wildman–Crippen MR) is 93.5 cm³/mol. The molecule has 1 aliphatic rings. The zero-order chi connectivity index (χ0) is 16.0. The Morgan fingerprint density at radius 3 is 2.52 bits per heavy atom. The van der Waals surface area contributed by atoms with Gasteiger partial charge in [0.1, 0.15) is 5.75 Å². The van der Waals surface area contributed by atoms with Gasteiger partial charge >= 0.3 is 0 Å². The quantitative estimate of drug-likeness (QED) is 0.706. The molecule has 2 nitrogen and oxygen atoms in total. The van der Waals surface area contributed by atoms with E-state index in [2.05, 4.69) is 0 Å². The second-order valence-corrected chi connectivity index (χ2v) is 6.27. The molecule has 0 radical (unpaired) electrons. The van der Waals surface area contributed by atoms with Crippen LogP contribution >= 0.6 is 0 Å². The van der Waals surface area contributed by atoms with Gasteiger partial charge < -0.3 is 10.2 Å². The molecule has 3 aromatic carbocycles. The zero-order valence-corrected chi connectivity index (χ0v) is 12.9. The Labute approximate surface area is 135 Å². The minimum absolute atomic E-state index is 0.218. The van der Waals surface area contributed by atoms with Crippen molar-refractivity contribution in [2.75, 3.05) is 0 Å². The Morgan fingerprint density at radius 2 is 1.65 bits per heavy atom. The molecule has 0 fully saturated rings. The van der Waals surface area contributed by atoms with Crippen molar-refractivity contribution >= 4 is 16.8 Å². The van der Waals surface area contributed by atoms with Gasteiger partial charge in [-0.2, -0.15) is 0 Å². The van der Waals surface area contributed by atoms with Crippen molar-refractivity contribution in [2.24, 2.45) is 0 Å². The summed E-state index contributed by atoms with van der Waals surface area (Å²) in [5.41, 5.74) is 2.19. The Bertz CT molecular complexity index is 926. The van der Waals surface area contributed by atoms with Gasteiger partial charge in [-0.3, -0.25) is 0 Å². The number of phenols is 1. The van der Waals surface area contributed by atoms with Crippen molar-refractivity contribution in [2.45, 2.75) is 18.4 Å². The summed E-state index contributed by atoms with van der Waals surface area (Å²) in [5, 5.41) is 23.5. The molecule has 0 saturated carbocycles. The monoisotopic (exact) mass is 302 g/mol. The summed E-state index contributed by atoms with van der Waals surface area (Å²) in [6, 6.07) is 19.6. The minimum Gasteiger partial charge on any atom is -0.508 e. The van der Waals surface area contributed by atoms with E-state index in [-0.39, 0.29) is 5.75 Å². The maximum absolute atomic E-state index is 10.8. The number of rotatable bonds is 1. The van der Waals surface area contributed by atoms with Gasteiger partial charge in [0.05, 0.1) is 11.5 Å². The lowest BCUT2D eigenvalue weighted by Gasteiger charge is -2.39. The molecule has 2 atom stereocenters. The van der Waals surface area contributed by atoms with Gasteiger partial charge in [-0.15, -0.1) is 0 Å². The number of aliphatic hydroxyl groups excluding tert-OH is 1. The van der Waals surface area contributed by atoms with Gasteiger partial charge in [0.2, 0.25) is 0 Å². The van der Waals surface area contributed by atoms with Gasteiger partial charge in [0.15, 0.2) is 0 Å². The molecule has 0 aromatic heterocycles. The van der Waals surface area contributed by atoms with Crippen LogP contribution in [0.5, 0.6) is 5.75 Å². The third-order valence-electron chi connectivity index (χ3n) is 5.00. The van der Waals surface area contributed by atoms with Crippen LogP contribution in [0.1, 0.15) is 23.6 Å². The number of benzene rings is 3. The Kier molecular flexibility index (Phi) is 3.03. The number of hydrogen-bond donors (Lipinski definition) is 2. The summed E-state index contributed by atoms with van der Waals surface area (Å²) in [6.07, 6.45) is 3.06. The summed E-state index contributed by atoms with van der Waals surface area (Å²) < 4.78 is 0. The lowest BCUT2D eigenvalue weighted by atomic mass is 9.66. The minimum atomic E-state index is -0.700. The summed E-state index contributed by atoms with van der Waals surface area (Å²) in [7, 11) is 0. The van der Waals surface area contributed by atoms with Gasteiger partial charge in [0, 0.05) is 5.56 Å².